The van der Waals surface area contributed by atoms with Crippen molar-refractivity contribution in [1.82, 2.24) is 9.97 Å². The summed E-state index contributed by atoms with van der Waals surface area (Å²) in [4.78, 5) is 29.4. The van der Waals surface area contributed by atoms with Crippen LogP contribution in [0.5, 0.6) is 0 Å². The molecule has 2 aromatic rings. The van der Waals surface area contributed by atoms with Crippen molar-refractivity contribution in [1.29, 1.82) is 0 Å². The number of carbonyl (C=O) groups is 2. The number of hydrogen-bond donors (Lipinski definition) is 3. The minimum absolute atomic E-state index is 0.285. The molecule has 0 aromatic carbocycles. The maximum atomic E-state index is 11.9. The number of hydrogen-bond acceptors (Lipinski definition) is 3. The molecule has 0 aliphatic carbocycles. The Labute approximate surface area is 110 Å². The Morgan fingerprint density at radius 2 is 2.16 bits per heavy atom. The maximum absolute atomic E-state index is 11.9. The van der Waals surface area contributed by atoms with Crippen LogP contribution in [-0.2, 0) is 4.74 Å². The van der Waals surface area contributed by atoms with Gasteiger partial charge >= 0.3 is 5.97 Å². The number of anilines is 1. The number of carbonyl (C=O) groups excluding carboxylic acids is 2. The molecule has 0 bridgehead atoms. The van der Waals surface area contributed by atoms with Gasteiger partial charge in [-0.15, -0.1) is 0 Å². The number of nitrogens with one attached hydrogen (secondary N) is 3. The molecule has 0 aliphatic rings. The SMILES string of the molecule is CCOC(=O)c1c(NC(=O)c2ccc[nH]2)c[nH]c1C. The van der Waals surface area contributed by atoms with Crippen molar-refractivity contribution in [3.05, 3.63) is 41.5 Å². The van der Waals surface area contributed by atoms with Gasteiger partial charge in [0.1, 0.15) is 11.3 Å². The molecular formula is C13H15N3O3. The van der Waals surface area contributed by atoms with Crippen LogP contribution in [0.2, 0.25) is 0 Å². The standard InChI is InChI=1S/C13H15N3O3/c1-3-19-13(18)11-8(2)15-7-10(11)16-12(17)9-5-4-6-14-9/h4-7,14-15H,3H2,1-2H3,(H,16,17). The first-order valence-corrected chi connectivity index (χ1v) is 5.93. The lowest BCUT2D eigenvalue weighted by Crippen LogP contribution is -2.15. The van der Waals surface area contributed by atoms with E-state index in [9.17, 15) is 9.59 Å². The van der Waals surface area contributed by atoms with Crippen LogP contribution in [-0.4, -0.2) is 28.5 Å². The zero-order valence-corrected chi connectivity index (χ0v) is 10.7. The number of rotatable bonds is 4. The number of ether oxygens (including phenoxy) is 1. The molecule has 1 amide bonds. The van der Waals surface area contributed by atoms with Crippen molar-refractivity contribution >= 4 is 17.6 Å². The lowest BCUT2D eigenvalue weighted by molar-refractivity contribution is 0.0527. The van der Waals surface area contributed by atoms with Gasteiger partial charge in [-0.1, -0.05) is 0 Å². The Hall–Kier alpha value is -2.50. The van der Waals surface area contributed by atoms with Crippen LogP contribution >= 0.6 is 0 Å². The van der Waals surface area contributed by atoms with E-state index in [0.29, 0.717) is 22.6 Å². The molecule has 0 unspecified atom stereocenters. The minimum Gasteiger partial charge on any atom is -0.462 e. The molecule has 0 saturated heterocycles. The van der Waals surface area contributed by atoms with Gasteiger partial charge in [0, 0.05) is 18.1 Å². The van der Waals surface area contributed by atoms with Crippen molar-refractivity contribution < 1.29 is 14.3 Å². The smallest absolute Gasteiger partial charge is 0.342 e. The predicted octanol–water partition coefficient (Wildman–Crippen LogP) is 2.08. The molecule has 2 rings (SSSR count). The fourth-order valence-electron chi connectivity index (χ4n) is 1.75. The van der Waals surface area contributed by atoms with Crippen LogP contribution in [0.1, 0.15) is 33.5 Å². The largest absolute Gasteiger partial charge is 0.462 e. The Bertz CT molecular complexity index is 584. The van der Waals surface area contributed by atoms with Crippen molar-refractivity contribution in [2.75, 3.05) is 11.9 Å². The number of aryl methyl sites for hydroxylation is 1. The zero-order chi connectivity index (χ0) is 13.8. The molecule has 2 aromatic heterocycles. The molecule has 0 fully saturated rings. The molecule has 0 saturated carbocycles. The molecule has 0 aliphatic heterocycles. The molecular weight excluding hydrogens is 246 g/mol. The van der Waals surface area contributed by atoms with Crippen LogP contribution in [0.25, 0.3) is 0 Å². The second-order valence-electron chi connectivity index (χ2n) is 3.96. The van der Waals surface area contributed by atoms with E-state index >= 15 is 0 Å². The maximum Gasteiger partial charge on any atom is 0.342 e. The highest BCUT2D eigenvalue weighted by Crippen LogP contribution is 2.20. The van der Waals surface area contributed by atoms with E-state index in [1.807, 2.05) is 0 Å². The van der Waals surface area contributed by atoms with Gasteiger partial charge in [0.05, 0.1) is 12.3 Å². The number of aromatic nitrogens is 2. The molecule has 0 atom stereocenters. The highest BCUT2D eigenvalue weighted by molar-refractivity contribution is 6.07. The van der Waals surface area contributed by atoms with E-state index in [0.717, 1.165) is 0 Å². The molecule has 19 heavy (non-hydrogen) atoms. The lowest BCUT2D eigenvalue weighted by atomic mass is 10.2. The monoisotopic (exact) mass is 261 g/mol. The summed E-state index contributed by atoms with van der Waals surface area (Å²) in [6.07, 6.45) is 3.23. The van der Waals surface area contributed by atoms with Gasteiger partial charge in [0.15, 0.2) is 0 Å². The molecule has 2 heterocycles. The first-order chi connectivity index (χ1) is 9.13. The second kappa shape index (κ2) is 5.43. The summed E-state index contributed by atoms with van der Waals surface area (Å²) >= 11 is 0. The predicted molar refractivity (Wildman–Crippen MR) is 70.2 cm³/mol. The van der Waals surface area contributed by atoms with Gasteiger partial charge in [0.25, 0.3) is 5.91 Å². The summed E-state index contributed by atoms with van der Waals surface area (Å²) in [5, 5.41) is 2.67. The number of amides is 1. The molecule has 6 heteroatoms. The van der Waals surface area contributed by atoms with E-state index < -0.39 is 5.97 Å². The summed E-state index contributed by atoms with van der Waals surface area (Å²) < 4.78 is 4.96. The van der Waals surface area contributed by atoms with Crippen molar-refractivity contribution in [2.24, 2.45) is 0 Å². The van der Waals surface area contributed by atoms with Gasteiger partial charge in [-0.2, -0.15) is 0 Å². The zero-order valence-electron chi connectivity index (χ0n) is 10.7. The summed E-state index contributed by atoms with van der Waals surface area (Å²) in [7, 11) is 0. The van der Waals surface area contributed by atoms with Crippen molar-refractivity contribution in [3.8, 4) is 0 Å². The normalized spacial score (nSPS) is 10.2. The number of esters is 1. The Balaban J connectivity index is 2.21. The van der Waals surface area contributed by atoms with Crippen molar-refractivity contribution in [3.63, 3.8) is 0 Å². The van der Waals surface area contributed by atoms with Gasteiger partial charge in [-0.3, -0.25) is 4.79 Å². The second-order valence-corrected chi connectivity index (χ2v) is 3.96. The third kappa shape index (κ3) is 2.67. The molecule has 0 spiro atoms. The molecule has 3 N–H and O–H groups in total. The topological polar surface area (TPSA) is 87.0 Å². The summed E-state index contributed by atoms with van der Waals surface area (Å²) in [5.41, 5.74) is 1.84. The Morgan fingerprint density at radius 1 is 1.37 bits per heavy atom. The van der Waals surface area contributed by atoms with Gasteiger partial charge in [0.2, 0.25) is 0 Å². The van der Waals surface area contributed by atoms with Crippen molar-refractivity contribution in [2.45, 2.75) is 13.8 Å². The van der Waals surface area contributed by atoms with E-state index in [1.165, 1.54) is 0 Å². The third-order valence-corrected chi connectivity index (χ3v) is 2.65. The quantitative estimate of drug-likeness (QED) is 0.736. The van der Waals surface area contributed by atoms with Gasteiger partial charge in [-0.05, 0) is 26.0 Å². The molecule has 6 nitrogen and oxygen atoms in total. The average molecular weight is 261 g/mol. The lowest BCUT2D eigenvalue weighted by Gasteiger charge is -2.06. The Morgan fingerprint density at radius 3 is 2.79 bits per heavy atom. The van der Waals surface area contributed by atoms with E-state index in [-0.39, 0.29) is 12.5 Å². The fraction of sp³-hybridized carbons (Fsp3) is 0.231. The average Bonchev–Trinajstić information content (AvgIpc) is 2.99. The highest BCUT2D eigenvalue weighted by atomic mass is 16.5. The minimum atomic E-state index is -0.456. The van der Waals surface area contributed by atoms with Gasteiger partial charge in [-0.25, -0.2) is 4.79 Å². The van der Waals surface area contributed by atoms with Crippen LogP contribution in [0, 0.1) is 6.92 Å². The first kappa shape index (κ1) is 12.9. The summed E-state index contributed by atoms with van der Waals surface area (Å²) in [6.45, 7) is 3.76. The summed E-state index contributed by atoms with van der Waals surface area (Å²) in [6, 6.07) is 3.38. The number of aromatic amines is 2. The van der Waals surface area contributed by atoms with E-state index in [2.05, 4.69) is 15.3 Å². The van der Waals surface area contributed by atoms with Gasteiger partial charge < -0.3 is 20.0 Å². The van der Waals surface area contributed by atoms with Crippen LogP contribution < -0.4 is 5.32 Å². The number of H-pyrrole nitrogens is 2. The Kier molecular flexibility index (Phi) is 3.70. The molecule has 100 valence electrons. The summed E-state index contributed by atoms with van der Waals surface area (Å²) in [5.74, 6) is -0.766. The van der Waals surface area contributed by atoms with Crippen LogP contribution in [0.3, 0.4) is 0 Å². The van der Waals surface area contributed by atoms with E-state index in [1.54, 1.807) is 38.4 Å². The van der Waals surface area contributed by atoms with E-state index in [4.69, 9.17) is 4.74 Å². The van der Waals surface area contributed by atoms with Crippen LogP contribution in [0.4, 0.5) is 5.69 Å². The first-order valence-electron chi connectivity index (χ1n) is 5.93. The van der Waals surface area contributed by atoms with Crippen LogP contribution in [0.15, 0.2) is 24.5 Å². The fourth-order valence-corrected chi connectivity index (χ4v) is 1.75. The third-order valence-electron chi connectivity index (χ3n) is 2.65. The molecule has 0 radical (unpaired) electrons. The highest BCUT2D eigenvalue weighted by Gasteiger charge is 2.19.